The number of nitrogens with two attached hydrogens (primary N) is 1. The van der Waals surface area contributed by atoms with E-state index in [-0.39, 0.29) is 24.0 Å². The molecule has 16 heavy (non-hydrogen) atoms. The summed E-state index contributed by atoms with van der Waals surface area (Å²) < 4.78 is 0. The number of hydrogen-bond donors (Lipinski definition) is 1. The van der Waals surface area contributed by atoms with Gasteiger partial charge in [-0.15, -0.1) is 0 Å². The lowest BCUT2D eigenvalue weighted by molar-refractivity contribution is -0.138. The number of ketones is 1. The highest BCUT2D eigenvalue weighted by Crippen LogP contribution is 2.12. The molecule has 0 aromatic heterocycles. The van der Waals surface area contributed by atoms with E-state index in [2.05, 4.69) is 0 Å². The quantitative estimate of drug-likeness (QED) is 0.519. The number of Topliss-reactive ketones (excluding diaryl/α,β-unsaturated/α-hetero) is 1. The van der Waals surface area contributed by atoms with Gasteiger partial charge in [0.15, 0.2) is 0 Å². The smallest absolute Gasteiger partial charge is 0.246 e. The van der Waals surface area contributed by atoms with E-state index >= 15 is 0 Å². The molecule has 1 unspecified atom stereocenters. The number of likely N-dealkylation sites (tertiary alicyclic amines) is 1. The Bertz CT molecular complexity index is 302. The number of hydrogen-bond acceptors (Lipinski definition) is 4. The van der Waals surface area contributed by atoms with Gasteiger partial charge in [0.1, 0.15) is 5.78 Å². The second-order valence-electron chi connectivity index (χ2n) is 4.21. The van der Waals surface area contributed by atoms with Gasteiger partial charge in [-0.25, -0.2) is 0 Å². The summed E-state index contributed by atoms with van der Waals surface area (Å²) in [6.45, 7) is 2.00. The molecule has 1 aliphatic heterocycles. The van der Waals surface area contributed by atoms with E-state index in [9.17, 15) is 14.4 Å². The van der Waals surface area contributed by atoms with E-state index in [1.165, 1.54) is 4.90 Å². The first-order chi connectivity index (χ1) is 7.52. The van der Waals surface area contributed by atoms with Crippen LogP contribution in [0.15, 0.2) is 0 Å². The lowest BCUT2D eigenvalue weighted by Gasteiger charge is -2.13. The van der Waals surface area contributed by atoms with Crippen molar-refractivity contribution in [1.29, 1.82) is 0 Å². The lowest BCUT2D eigenvalue weighted by Crippen LogP contribution is -2.35. The van der Waals surface area contributed by atoms with Gasteiger partial charge in [-0.05, 0) is 19.8 Å². The summed E-state index contributed by atoms with van der Waals surface area (Å²) in [5.41, 5.74) is 5.47. The third-order valence-electron chi connectivity index (χ3n) is 2.69. The molecule has 5 nitrogen and oxygen atoms in total. The van der Waals surface area contributed by atoms with E-state index in [0.29, 0.717) is 13.0 Å². The van der Waals surface area contributed by atoms with Crippen LogP contribution in [0.1, 0.15) is 39.0 Å². The summed E-state index contributed by atoms with van der Waals surface area (Å²) >= 11 is 0. The number of rotatable bonds is 6. The average molecular weight is 226 g/mol. The number of imide groups is 1. The number of unbranched alkanes of at least 4 members (excludes halogenated alkanes) is 2. The van der Waals surface area contributed by atoms with Crippen LogP contribution >= 0.6 is 0 Å². The van der Waals surface area contributed by atoms with Gasteiger partial charge in [0, 0.05) is 13.0 Å². The molecule has 0 aromatic rings. The van der Waals surface area contributed by atoms with Gasteiger partial charge in [-0.2, -0.15) is 0 Å². The first-order valence-electron chi connectivity index (χ1n) is 5.61. The number of amides is 2. The summed E-state index contributed by atoms with van der Waals surface area (Å²) in [7, 11) is 0. The normalized spacial score (nSPS) is 20.6. The third-order valence-corrected chi connectivity index (χ3v) is 2.69. The molecule has 1 rings (SSSR count). The maximum atomic E-state index is 11.4. The van der Waals surface area contributed by atoms with Crippen molar-refractivity contribution in [2.75, 3.05) is 6.54 Å². The standard InChI is InChI=1S/C11H18N2O3/c1-8(14)5-3-2-4-6-13-10(15)7-9(12)11(13)16/h9H,2-7,12H2,1H3. The van der Waals surface area contributed by atoms with Gasteiger partial charge in [-0.3, -0.25) is 14.5 Å². The monoisotopic (exact) mass is 226 g/mol. The Morgan fingerprint density at radius 2 is 2.06 bits per heavy atom. The molecule has 2 amide bonds. The molecular formula is C11H18N2O3. The molecule has 90 valence electrons. The predicted molar refractivity (Wildman–Crippen MR) is 58.5 cm³/mol. The highest BCUT2D eigenvalue weighted by atomic mass is 16.2. The van der Waals surface area contributed by atoms with E-state index in [1.54, 1.807) is 6.92 Å². The van der Waals surface area contributed by atoms with Gasteiger partial charge >= 0.3 is 0 Å². The molecule has 1 saturated heterocycles. The lowest BCUT2D eigenvalue weighted by atomic mass is 10.1. The zero-order valence-corrected chi connectivity index (χ0v) is 9.57. The summed E-state index contributed by atoms with van der Waals surface area (Å²) in [5, 5.41) is 0. The van der Waals surface area contributed by atoms with E-state index in [0.717, 1.165) is 19.3 Å². The molecule has 1 heterocycles. The molecule has 0 saturated carbocycles. The van der Waals surface area contributed by atoms with Crippen LogP contribution in [0, 0.1) is 0 Å². The minimum Gasteiger partial charge on any atom is -0.319 e. The van der Waals surface area contributed by atoms with Crippen LogP contribution < -0.4 is 5.73 Å². The first-order valence-corrected chi connectivity index (χ1v) is 5.61. The largest absolute Gasteiger partial charge is 0.319 e. The molecule has 0 aliphatic carbocycles. The van der Waals surface area contributed by atoms with Gasteiger partial charge in [0.05, 0.1) is 12.5 Å². The fourth-order valence-electron chi connectivity index (χ4n) is 1.76. The highest BCUT2D eigenvalue weighted by Gasteiger charge is 2.35. The topological polar surface area (TPSA) is 80.5 Å². The van der Waals surface area contributed by atoms with Crippen LogP contribution in [-0.2, 0) is 14.4 Å². The molecule has 0 bridgehead atoms. The van der Waals surface area contributed by atoms with Crippen molar-refractivity contribution in [2.24, 2.45) is 5.73 Å². The summed E-state index contributed by atoms with van der Waals surface area (Å²) in [6.07, 6.45) is 3.12. The van der Waals surface area contributed by atoms with Crippen LogP contribution in [0.3, 0.4) is 0 Å². The molecule has 5 heteroatoms. The Morgan fingerprint density at radius 3 is 2.56 bits per heavy atom. The molecule has 0 aromatic carbocycles. The van der Waals surface area contributed by atoms with Crippen LogP contribution in [0.2, 0.25) is 0 Å². The zero-order valence-electron chi connectivity index (χ0n) is 9.57. The van der Waals surface area contributed by atoms with Gasteiger partial charge in [0.25, 0.3) is 0 Å². The number of nitrogens with zero attached hydrogens (tertiary/aromatic N) is 1. The Hall–Kier alpha value is -1.23. The Kier molecular flexibility index (Phi) is 4.61. The van der Waals surface area contributed by atoms with E-state index in [4.69, 9.17) is 5.73 Å². The molecule has 2 N–H and O–H groups in total. The van der Waals surface area contributed by atoms with Crippen molar-refractivity contribution in [2.45, 2.75) is 45.1 Å². The Morgan fingerprint density at radius 1 is 1.38 bits per heavy atom. The van der Waals surface area contributed by atoms with Crippen LogP contribution in [-0.4, -0.2) is 35.1 Å². The zero-order chi connectivity index (χ0) is 12.1. The number of carbonyl (C=O) groups excluding carboxylic acids is 3. The van der Waals surface area contributed by atoms with Crippen molar-refractivity contribution in [1.82, 2.24) is 4.90 Å². The second-order valence-corrected chi connectivity index (χ2v) is 4.21. The minimum atomic E-state index is -0.648. The minimum absolute atomic E-state index is 0.131. The average Bonchev–Trinajstić information content (AvgIpc) is 2.43. The SMILES string of the molecule is CC(=O)CCCCCN1C(=O)CC(N)C1=O. The van der Waals surface area contributed by atoms with Crippen molar-refractivity contribution in [3.8, 4) is 0 Å². The first kappa shape index (κ1) is 12.8. The van der Waals surface area contributed by atoms with Crippen LogP contribution in [0.5, 0.6) is 0 Å². The summed E-state index contributed by atoms with van der Waals surface area (Å²) in [6, 6.07) is -0.648. The molecule has 1 aliphatic rings. The molecule has 0 radical (unpaired) electrons. The van der Waals surface area contributed by atoms with Crippen LogP contribution in [0.4, 0.5) is 0 Å². The Balaban J connectivity index is 2.20. The van der Waals surface area contributed by atoms with Crippen molar-refractivity contribution in [3.63, 3.8) is 0 Å². The van der Waals surface area contributed by atoms with Crippen molar-refractivity contribution in [3.05, 3.63) is 0 Å². The van der Waals surface area contributed by atoms with Gasteiger partial charge in [-0.1, -0.05) is 6.42 Å². The van der Waals surface area contributed by atoms with Gasteiger partial charge in [0.2, 0.25) is 11.8 Å². The van der Waals surface area contributed by atoms with Crippen molar-refractivity contribution < 1.29 is 14.4 Å². The van der Waals surface area contributed by atoms with E-state index in [1.807, 2.05) is 0 Å². The maximum absolute atomic E-state index is 11.4. The Labute approximate surface area is 95.0 Å². The summed E-state index contributed by atoms with van der Waals surface area (Å²) in [4.78, 5) is 34.7. The fraction of sp³-hybridized carbons (Fsp3) is 0.727. The fourth-order valence-corrected chi connectivity index (χ4v) is 1.76. The second kappa shape index (κ2) is 5.75. The summed E-state index contributed by atoms with van der Waals surface area (Å²) in [5.74, 6) is -0.268. The van der Waals surface area contributed by atoms with E-state index < -0.39 is 6.04 Å². The molecule has 0 spiro atoms. The number of carbonyl (C=O) groups is 3. The third kappa shape index (κ3) is 3.41. The van der Waals surface area contributed by atoms with Crippen LogP contribution in [0.25, 0.3) is 0 Å². The molecular weight excluding hydrogens is 208 g/mol. The highest BCUT2D eigenvalue weighted by molar-refractivity contribution is 6.05. The molecule has 1 atom stereocenters. The maximum Gasteiger partial charge on any atom is 0.246 e. The van der Waals surface area contributed by atoms with Crippen molar-refractivity contribution >= 4 is 17.6 Å². The predicted octanol–water partition coefficient (Wildman–Crippen LogP) is 0.222. The van der Waals surface area contributed by atoms with Gasteiger partial charge < -0.3 is 10.5 Å². The molecule has 1 fully saturated rings.